The summed E-state index contributed by atoms with van der Waals surface area (Å²) in [6.45, 7) is 11.3. The van der Waals surface area contributed by atoms with E-state index in [9.17, 15) is 0 Å². The lowest BCUT2D eigenvalue weighted by molar-refractivity contribution is 0.219. The molecular weight excluding hydrogens is 256 g/mol. The molecule has 21 heavy (non-hydrogen) atoms. The minimum absolute atomic E-state index is 0.694. The van der Waals surface area contributed by atoms with Crippen LogP contribution in [0, 0.1) is 25.7 Å². The molecule has 1 aliphatic rings. The average molecular weight is 288 g/mol. The summed E-state index contributed by atoms with van der Waals surface area (Å²) in [5.41, 5.74) is 4.08. The molecule has 0 radical (unpaired) electrons. The van der Waals surface area contributed by atoms with E-state index in [4.69, 9.17) is 0 Å². The fraction of sp³-hybridized carbons (Fsp3) is 0.684. The highest BCUT2D eigenvalue weighted by atomic mass is 15.1. The Morgan fingerprint density at radius 2 is 1.81 bits per heavy atom. The Morgan fingerprint density at radius 3 is 2.43 bits per heavy atom. The van der Waals surface area contributed by atoms with Gasteiger partial charge in [0.15, 0.2) is 0 Å². The van der Waals surface area contributed by atoms with E-state index in [2.05, 4.69) is 63.2 Å². The summed E-state index contributed by atoms with van der Waals surface area (Å²) >= 11 is 0. The van der Waals surface area contributed by atoms with Crippen molar-refractivity contribution < 1.29 is 0 Å². The number of anilines is 1. The Morgan fingerprint density at radius 1 is 1.14 bits per heavy atom. The summed E-state index contributed by atoms with van der Waals surface area (Å²) < 4.78 is 0. The maximum absolute atomic E-state index is 3.71. The summed E-state index contributed by atoms with van der Waals surface area (Å²) in [6, 6.07) is 7.56. The SMILES string of the molecule is CCNC1CCC(C)CC1CN(C)c1cc(C)cc(C)c1. The highest BCUT2D eigenvalue weighted by molar-refractivity contribution is 5.50. The zero-order valence-corrected chi connectivity index (χ0v) is 14.4. The van der Waals surface area contributed by atoms with E-state index >= 15 is 0 Å². The molecule has 0 bridgehead atoms. The normalized spacial score (nSPS) is 25.9. The largest absolute Gasteiger partial charge is 0.374 e. The molecule has 1 aromatic carbocycles. The van der Waals surface area contributed by atoms with Crippen molar-refractivity contribution in [3.05, 3.63) is 29.3 Å². The number of hydrogen-bond donors (Lipinski definition) is 1. The third-order valence-corrected chi connectivity index (χ3v) is 4.87. The third kappa shape index (κ3) is 4.47. The van der Waals surface area contributed by atoms with Gasteiger partial charge in [-0.15, -0.1) is 0 Å². The Kier molecular flexibility index (Phi) is 5.69. The van der Waals surface area contributed by atoms with E-state index < -0.39 is 0 Å². The molecule has 2 rings (SSSR count). The highest BCUT2D eigenvalue weighted by Crippen LogP contribution is 2.30. The Hall–Kier alpha value is -1.02. The van der Waals surface area contributed by atoms with Crippen molar-refractivity contribution in [2.24, 2.45) is 11.8 Å². The second kappa shape index (κ2) is 7.31. The fourth-order valence-electron chi connectivity index (χ4n) is 3.86. The van der Waals surface area contributed by atoms with Crippen LogP contribution in [0.1, 0.15) is 44.2 Å². The summed E-state index contributed by atoms with van der Waals surface area (Å²) in [6.07, 6.45) is 4.06. The monoisotopic (exact) mass is 288 g/mol. The summed E-state index contributed by atoms with van der Waals surface area (Å²) in [5, 5.41) is 3.71. The average Bonchev–Trinajstić information content (AvgIpc) is 2.41. The van der Waals surface area contributed by atoms with Gasteiger partial charge in [0.25, 0.3) is 0 Å². The van der Waals surface area contributed by atoms with Crippen LogP contribution in [0.4, 0.5) is 5.69 Å². The van der Waals surface area contributed by atoms with E-state index in [1.54, 1.807) is 0 Å². The molecular formula is C19H32N2. The lowest BCUT2D eigenvalue weighted by Crippen LogP contribution is -2.45. The molecule has 0 heterocycles. The summed E-state index contributed by atoms with van der Waals surface area (Å²) in [7, 11) is 2.25. The second-order valence-corrected chi connectivity index (χ2v) is 7.07. The minimum atomic E-state index is 0.694. The van der Waals surface area contributed by atoms with E-state index in [0.29, 0.717) is 6.04 Å². The van der Waals surface area contributed by atoms with Gasteiger partial charge >= 0.3 is 0 Å². The lowest BCUT2D eigenvalue weighted by Gasteiger charge is -2.38. The van der Waals surface area contributed by atoms with Crippen LogP contribution in [0.2, 0.25) is 0 Å². The zero-order valence-electron chi connectivity index (χ0n) is 14.4. The molecule has 0 spiro atoms. The van der Waals surface area contributed by atoms with Crippen molar-refractivity contribution in [1.82, 2.24) is 5.32 Å². The fourth-order valence-corrected chi connectivity index (χ4v) is 3.86. The molecule has 1 aromatic rings. The van der Waals surface area contributed by atoms with Crippen molar-refractivity contribution in [2.75, 3.05) is 25.0 Å². The first-order valence-electron chi connectivity index (χ1n) is 8.52. The van der Waals surface area contributed by atoms with Crippen molar-refractivity contribution in [3.63, 3.8) is 0 Å². The number of hydrogen-bond acceptors (Lipinski definition) is 2. The van der Waals surface area contributed by atoms with E-state index in [1.165, 1.54) is 36.1 Å². The summed E-state index contributed by atoms with van der Waals surface area (Å²) in [5.74, 6) is 1.64. The van der Waals surface area contributed by atoms with Crippen LogP contribution in [-0.2, 0) is 0 Å². The lowest BCUT2D eigenvalue weighted by atomic mass is 9.78. The molecule has 0 aliphatic heterocycles. The van der Waals surface area contributed by atoms with Crippen LogP contribution in [0.5, 0.6) is 0 Å². The molecule has 118 valence electrons. The first-order chi connectivity index (χ1) is 9.99. The molecule has 0 aromatic heterocycles. The topological polar surface area (TPSA) is 15.3 Å². The Balaban J connectivity index is 2.06. The third-order valence-electron chi connectivity index (χ3n) is 4.87. The van der Waals surface area contributed by atoms with Crippen LogP contribution < -0.4 is 10.2 Å². The van der Waals surface area contributed by atoms with Crippen LogP contribution >= 0.6 is 0 Å². The number of aryl methyl sites for hydroxylation is 2. The van der Waals surface area contributed by atoms with Gasteiger partial charge in [-0.25, -0.2) is 0 Å². The van der Waals surface area contributed by atoms with Gasteiger partial charge in [0.05, 0.1) is 0 Å². The zero-order chi connectivity index (χ0) is 15.4. The van der Waals surface area contributed by atoms with Gasteiger partial charge in [-0.05, 0) is 74.8 Å². The molecule has 1 aliphatic carbocycles. The van der Waals surface area contributed by atoms with Crippen molar-refractivity contribution in [1.29, 1.82) is 0 Å². The number of benzene rings is 1. The van der Waals surface area contributed by atoms with Crippen molar-refractivity contribution in [3.8, 4) is 0 Å². The van der Waals surface area contributed by atoms with Gasteiger partial charge < -0.3 is 10.2 Å². The van der Waals surface area contributed by atoms with Crippen LogP contribution in [0.15, 0.2) is 18.2 Å². The van der Waals surface area contributed by atoms with Gasteiger partial charge in [-0.1, -0.05) is 19.9 Å². The molecule has 2 heteroatoms. The van der Waals surface area contributed by atoms with E-state index in [-0.39, 0.29) is 0 Å². The molecule has 1 fully saturated rings. The number of nitrogens with one attached hydrogen (secondary N) is 1. The van der Waals surface area contributed by atoms with E-state index in [1.807, 2.05) is 0 Å². The maximum atomic E-state index is 3.71. The van der Waals surface area contributed by atoms with Gasteiger partial charge in [-0.2, -0.15) is 0 Å². The molecule has 1 saturated carbocycles. The van der Waals surface area contributed by atoms with Gasteiger partial charge in [0, 0.05) is 25.3 Å². The van der Waals surface area contributed by atoms with Crippen LogP contribution in [0.3, 0.4) is 0 Å². The predicted octanol–water partition coefficient (Wildman–Crippen LogP) is 4.15. The Labute approximate surface area is 130 Å². The molecule has 0 saturated heterocycles. The minimum Gasteiger partial charge on any atom is -0.374 e. The van der Waals surface area contributed by atoms with Crippen LogP contribution in [-0.4, -0.2) is 26.2 Å². The quantitative estimate of drug-likeness (QED) is 0.875. The van der Waals surface area contributed by atoms with Crippen LogP contribution in [0.25, 0.3) is 0 Å². The molecule has 0 amide bonds. The summed E-state index contributed by atoms with van der Waals surface area (Å²) in [4.78, 5) is 2.45. The number of nitrogens with zero attached hydrogens (tertiary/aromatic N) is 1. The Bertz CT molecular complexity index is 435. The van der Waals surface area contributed by atoms with Gasteiger partial charge in [-0.3, -0.25) is 0 Å². The van der Waals surface area contributed by atoms with Gasteiger partial charge in [0.1, 0.15) is 0 Å². The highest BCUT2D eigenvalue weighted by Gasteiger charge is 2.28. The van der Waals surface area contributed by atoms with E-state index in [0.717, 1.165) is 24.9 Å². The first-order valence-corrected chi connectivity index (χ1v) is 8.52. The molecule has 3 unspecified atom stereocenters. The van der Waals surface area contributed by atoms with Gasteiger partial charge in [0.2, 0.25) is 0 Å². The molecule has 1 N–H and O–H groups in total. The van der Waals surface area contributed by atoms with Crippen molar-refractivity contribution in [2.45, 2.75) is 53.0 Å². The second-order valence-electron chi connectivity index (χ2n) is 7.07. The first kappa shape index (κ1) is 16.4. The van der Waals surface area contributed by atoms with Crippen molar-refractivity contribution >= 4 is 5.69 Å². The molecule has 3 atom stereocenters. The predicted molar refractivity (Wildman–Crippen MR) is 93.2 cm³/mol. The standard InChI is InChI=1S/C19H32N2/c1-6-20-19-8-7-14(2)10-17(19)13-21(5)18-11-15(3)9-16(4)12-18/h9,11-12,14,17,19-20H,6-8,10,13H2,1-5H3. The maximum Gasteiger partial charge on any atom is 0.0369 e. The smallest absolute Gasteiger partial charge is 0.0369 e. The molecule has 2 nitrogen and oxygen atoms in total. The number of rotatable bonds is 5.